The summed E-state index contributed by atoms with van der Waals surface area (Å²) < 4.78 is 8.82. The second-order valence-electron chi connectivity index (χ2n) is 7.01. The first-order chi connectivity index (χ1) is 13.8. The number of hydrogen-bond acceptors (Lipinski definition) is 0. The van der Waals surface area contributed by atoms with Crippen molar-refractivity contribution >= 4 is 0 Å². The predicted molar refractivity (Wildman–Crippen MR) is 109 cm³/mol. The molecular formula is C24H26N4+2. The van der Waals surface area contributed by atoms with Gasteiger partial charge >= 0.3 is 0 Å². The maximum Gasteiger partial charge on any atom is 0.244 e. The Morgan fingerprint density at radius 1 is 0.607 bits per heavy atom. The summed E-state index contributed by atoms with van der Waals surface area (Å²) >= 11 is 0. The van der Waals surface area contributed by atoms with Crippen molar-refractivity contribution in [2.45, 2.75) is 26.2 Å². The number of nitrogens with zero attached hydrogens (tertiary/aromatic N) is 4. The van der Waals surface area contributed by atoms with Crippen LogP contribution in [0.25, 0.3) is 0 Å². The Morgan fingerprint density at radius 3 is 1.46 bits per heavy atom. The number of imidazole rings is 2. The molecule has 2 aromatic carbocycles. The summed E-state index contributed by atoms with van der Waals surface area (Å²) in [5, 5.41) is 0. The van der Waals surface area contributed by atoms with Gasteiger partial charge in [0.2, 0.25) is 12.7 Å². The molecule has 0 unspecified atom stereocenters. The van der Waals surface area contributed by atoms with E-state index in [0.717, 1.165) is 26.2 Å². The van der Waals surface area contributed by atoms with Crippen molar-refractivity contribution < 1.29 is 9.13 Å². The highest BCUT2D eigenvalue weighted by molar-refractivity contribution is 5.13. The zero-order chi connectivity index (χ0) is 19.0. The molecule has 0 saturated carbocycles. The van der Waals surface area contributed by atoms with Crippen molar-refractivity contribution in [3.63, 3.8) is 0 Å². The van der Waals surface area contributed by atoms with E-state index < -0.39 is 0 Å². The lowest BCUT2D eigenvalue weighted by Crippen LogP contribution is -2.31. The van der Waals surface area contributed by atoms with Crippen LogP contribution in [0.3, 0.4) is 0 Å². The van der Waals surface area contributed by atoms with Crippen molar-refractivity contribution in [1.82, 2.24) is 9.13 Å². The first-order valence-electron chi connectivity index (χ1n) is 9.68. The topological polar surface area (TPSA) is 17.6 Å². The van der Waals surface area contributed by atoms with Crippen LogP contribution in [-0.4, -0.2) is 9.13 Å². The second-order valence-corrected chi connectivity index (χ2v) is 7.01. The molecular weight excluding hydrogens is 344 g/mol. The van der Waals surface area contributed by atoms with Crippen LogP contribution < -0.4 is 9.13 Å². The number of allylic oxidation sites excluding steroid dienone is 2. The molecule has 0 amide bonds. The summed E-state index contributed by atoms with van der Waals surface area (Å²) in [5.41, 5.74) is 2.63. The van der Waals surface area contributed by atoms with Gasteiger partial charge < -0.3 is 0 Å². The van der Waals surface area contributed by atoms with E-state index in [-0.39, 0.29) is 0 Å². The standard InChI is InChI=1S/C24H26N4/c1-3-9-23(10-4-1)19-27-17-15-25(21-27)13-7-8-14-26-16-18-28(22-26)20-24-11-5-2-6-12-24/h1-12,15-18,21-22H,13-14,19-20H2/q+2. The van der Waals surface area contributed by atoms with E-state index in [0.29, 0.717) is 0 Å². The van der Waals surface area contributed by atoms with Crippen molar-refractivity contribution in [3.05, 3.63) is 121 Å². The summed E-state index contributed by atoms with van der Waals surface area (Å²) in [4.78, 5) is 0. The number of rotatable bonds is 8. The van der Waals surface area contributed by atoms with Crippen LogP contribution in [-0.2, 0) is 26.2 Å². The van der Waals surface area contributed by atoms with Crippen LogP contribution in [0.5, 0.6) is 0 Å². The maximum atomic E-state index is 2.22. The molecule has 28 heavy (non-hydrogen) atoms. The monoisotopic (exact) mass is 370 g/mol. The van der Waals surface area contributed by atoms with Gasteiger partial charge in [-0.25, -0.2) is 18.3 Å². The van der Waals surface area contributed by atoms with Crippen LogP contribution in [0.2, 0.25) is 0 Å². The zero-order valence-electron chi connectivity index (χ0n) is 16.0. The van der Waals surface area contributed by atoms with E-state index in [9.17, 15) is 0 Å². The van der Waals surface area contributed by atoms with Crippen molar-refractivity contribution in [1.29, 1.82) is 0 Å². The van der Waals surface area contributed by atoms with E-state index in [2.05, 4.69) is 129 Å². The lowest BCUT2D eigenvalue weighted by Gasteiger charge is -1.96. The minimum atomic E-state index is 0.882. The highest BCUT2D eigenvalue weighted by Crippen LogP contribution is 1.99. The van der Waals surface area contributed by atoms with E-state index in [4.69, 9.17) is 0 Å². The summed E-state index contributed by atoms with van der Waals surface area (Å²) in [5.74, 6) is 0. The van der Waals surface area contributed by atoms with Crippen LogP contribution >= 0.6 is 0 Å². The third-order valence-corrected chi connectivity index (χ3v) is 4.71. The molecule has 2 aromatic heterocycles. The Morgan fingerprint density at radius 2 is 1.04 bits per heavy atom. The lowest BCUT2D eigenvalue weighted by atomic mass is 10.2. The fraction of sp³-hybridized carbons (Fsp3) is 0.167. The molecule has 2 heterocycles. The molecule has 0 fully saturated rings. The van der Waals surface area contributed by atoms with E-state index in [1.54, 1.807) is 0 Å². The Bertz CT molecular complexity index is 929. The molecule has 0 aliphatic carbocycles. The first-order valence-corrected chi connectivity index (χ1v) is 9.68. The molecule has 140 valence electrons. The molecule has 0 bridgehead atoms. The van der Waals surface area contributed by atoms with Crippen molar-refractivity contribution in [2.75, 3.05) is 0 Å². The molecule has 0 radical (unpaired) electrons. The smallest absolute Gasteiger partial charge is 0.233 e. The molecule has 4 aromatic rings. The third kappa shape index (κ3) is 5.07. The summed E-state index contributed by atoms with van der Waals surface area (Å²) in [6, 6.07) is 21.1. The Kier molecular flexibility index (Phi) is 5.78. The van der Waals surface area contributed by atoms with E-state index >= 15 is 0 Å². The molecule has 0 N–H and O–H groups in total. The molecule has 0 spiro atoms. The minimum Gasteiger partial charge on any atom is -0.233 e. The Labute approximate surface area is 166 Å². The molecule has 4 rings (SSSR count). The number of benzene rings is 2. The van der Waals surface area contributed by atoms with Gasteiger partial charge in [-0.3, -0.25) is 0 Å². The normalized spacial score (nSPS) is 11.3. The van der Waals surface area contributed by atoms with Crippen LogP contribution in [0.15, 0.2) is 110 Å². The van der Waals surface area contributed by atoms with Gasteiger partial charge in [-0.05, 0) is 23.3 Å². The molecule has 4 nitrogen and oxygen atoms in total. The van der Waals surface area contributed by atoms with Crippen LogP contribution in [0.4, 0.5) is 0 Å². The fourth-order valence-corrected chi connectivity index (χ4v) is 3.26. The third-order valence-electron chi connectivity index (χ3n) is 4.71. The van der Waals surface area contributed by atoms with E-state index in [1.807, 2.05) is 0 Å². The van der Waals surface area contributed by atoms with Gasteiger partial charge in [0.05, 0.1) is 0 Å². The van der Waals surface area contributed by atoms with Gasteiger partial charge in [0.1, 0.15) is 51.0 Å². The van der Waals surface area contributed by atoms with Gasteiger partial charge in [-0.2, -0.15) is 0 Å². The second kappa shape index (κ2) is 9.00. The number of aromatic nitrogens is 4. The predicted octanol–water partition coefficient (Wildman–Crippen LogP) is 3.22. The molecule has 0 atom stereocenters. The largest absolute Gasteiger partial charge is 0.244 e. The zero-order valence-corrected chi connectivity index (χ0v) is 16.0. The lowest BCUT2D eigenvalue weighted by molar-refractivity contribution is -0.688. The average Bonchev–Trinajstić information content (AvgIpc) is 3.36. The van der Waals surface area contributed by atoms with Gasteiger partial charge in [0.15, 0.2) is 0 Å². The van der Waals surface area contributed by atoms with Crippen molar-refractivity contribution in [3.8, 4) is 0 Å². The van der Waals surface area contributed by atoms with Crippen LogP contribution in [0, 0.1) is 0 Å². The summed E-state index contributed by atoms with van der Waals surface area (Å²) in [7, 11) is 0. The molecule has 4 heteroatoms. The summed E-state index contributed by atoms with van der Waals surface area (Å²) in [6.07, 6.45) is 17.2. The molecule has 0 aliphatic rings. The Balaban J connectivity index is 1.26. The Hall–Kier alpha value is -3.40. The number of hydrogen-bond donors (Lipinski definition) is 0. The van der Waals surface area contributed by atoms with Crippen LogP contribution in [0.1, 0.15) is 11.1 Å². The average molecular weight is 371 g/mol. The highest BCUT2D eigenvalue weighted by atomic mass is 15.1. The van der Waals surface area contributed by atoms with Crippen molar-refractivity contribution in [2.24, 2.45) is 0 Å². The van der Waals surface area contributed by atoms with E-state index in [1.165, 1.54) is 11.1 Å². The minimum absolute atomic E-state index is 0.882. The quantitative estimate of drug-likeness (QED) is 0.335. The van der Waals surface area contributed by atoms with Gasteiger partial charge in [-0.1, -0.05) is 60.7 Å². The highest BCUT2D eigenvalue weighted by Gasteiger charge is 2.04. The van der Waals surface area contributed by atoms with Gasteiger partial charge in [-0.15, -0.1) is 0 Å². The maximum absolute atomic E-state index is 2.22. The fourth-order valence-electron chi connectivity index (χ4n) is 3.26. The molecule has 0 saturated heterocycles. The van der Waals surface area contributed by atoms with Gasteiger partial charge in [0.25, 0.3) is 0 Å². The summed E-state index contributed by atoms with van der Waals surface area (Å²) in [6.45, 7) is 3.57. The SMILES string of the molecule is C(=CCn1cc[n+](Cc2ccccc2)c1)Cn1cc[n+](Cc2ccccc2)c1. The molecule has 0 aliphatic heterocycles. The first kappa shape index (κ1) is 18.0. The van der Waals surface area contributed by atoms with Gasteiger partial charge in [0, 0.05) is 0 Å².